The molecule has 1 heterocycles. The molecular weight excluding hydrogens is 320 g/mol. The fourth-order valence-corrected chi connectivity index (χ4v) is 2.99. The first-order chi connectivity index (χ1) is 9.74. The van der Waals surface area contributed by atoms with E-state index in [1.807, 2.05) is 0 Å². The number of carboxylic acids is 1. The van der Waals surface area contributed by atoms with Gasteiger partial charge in [0.2, 0.25) is 0 Å². The van der Waals surface area contributed by atoms with Crippen LogP contribution >= 0.6 is 11.6 Å². The average molecular weight is 331 g/mol. The van der Waals surface area contributed by atoms with E-state index >= 15 is 0 Å². The highest BCUT2D eigenvalue weighted by molar-refractivity contribution is 7.90. The smallest absolute Gasteiger partial charge is 0.353 e. The van der Waals surface area contributed by atoms with Crippen LogP contribution in [0.3, 0.4) is 0 Å². The van der Waals surface area contributed by atoms with Crippen molar-refractivity contribution in [1.82, 2.24) is 10.2 Å². The van der Waals surface area contributed by atoms with Crippen molar-refractivity contribution in [2.24, 2.45) is 0 Å². The second-order valence-corrected chi connectivity index (χ2v) is 6.62. The Balaban J connectivity index is 2.65. The van der Waals surface area contributed by atoms with Gasteiger partial charge in [0.25, 0.3) is 0 Å². The second-order valence-electron chi connectivity index (χ2n) is 4.23. The van der Waals surface area contributed by atoms with Crippen LogP contribution < -0.4 is 4.74 Å². The fraction of sp³-hybridized carbons (Fsp3) is 0.167. The third-order valence-electron chi connectivity index (χ3n) is 2.72. The number of sulfone groups is 1. The largest absolute Gasteiger partial charge is 0.494 e. The normalized spacial score (nSPS) is 11.4. The molecule has 2 N–H and O–H groups in total. The van der Waals surface area contributed by atoms with E-state index in [4.69, 9.17) is 21.4 Å². The molecular formula is C12H11ClN2O5S. The van der Waals surface area contributed by atoms with E-state index in [9.17, 15) is 13.2 Å². The van der Waals surface area contributed by atoms with Crippen molar-refractivity contribution in [2.75, 3.05) is 13.4 Å². The molecule has 0 spiro atoms. The van der Waals surface area contributed by atoms with Gasteiger partial charge < -0.3 is 9.84 Å². The van der Waals surface area contributed by atoms with Crippen molar-refractivity contribution >= 4 is 27.4 Å². The lowest BCUT2D eigenvalue weighted by molar-refractivity contribution is 0.0690. The Hall–Kier alpha value is -2.06. The Kier molecular flexibility index (Phi) is 3.93. The maximum Gasteiger partial charge on any atom is 0.353 e. The fourth-order valence-electron chi connectivity index (χ4n) is 1.77. The summed E-state index contributed by atoms with van der Waals surface area (Å²) in [7, 11) is -2.26. The van der Waals surface area contributed by atoms with Crippen molar-refractivity contribution in [2.45, 2.75) is 4.90 Å². The Morgan fingerprint density at radius 1 is 1.38 bits per heavy atom. The molecule has 0 fully saturated rings. The molecule has 0 radical (unpaired) electrons. The van der Waals surface area contributed by atoms with Gasteiger partial charge in [0.15, 0.2) is 15.6 Å². The molecule has 0 amide bonds. The van der Waals surface area contributed by atoms with E-state index in [0.29, 0.717) is 5.56 Å². The van der Waals surface area contributed by atoms with Crippen molar-refractivity contribution in [3.05, 3.63) is 28.9 Å². The number of aromatic carboxylic acids is 1. The zero-order chi connectivity index (χ0) is 15.8. The van der Waals surface area contributed by atoms with Crippen molar-refractivity contribution < 1.29 is 23.1 Å². The molecule has 0 unspecified atom stereocenters. The number of hydrogen-bond acceptors (Lipinski definition) is 5. The molecule has 0 atom stereocenters. The minimum Gasteiger partial charge on any atom is -0.494 e. The molecule has 9 heteroatoms. The van der Waals surface area contributed by atoms with Gasteiger partial charge in [0, 0.05) is 11.8 Å². The summed E-state index contributed by atoms with van der Waals surface area (Å²) >= 11 is 6.02. The number of halogens is 1. The van der Waals surface area contributed by atoms with Crippen LogP contribution in [-0.2, 0) is 9.84 Å². The average Bonchev–Trinajstić information content (AvgIpc) is 2.86. The number of nitrogens with zero attached hydrogens (tertiary/aromatic N) is 1. The van der Waals surface area contributed by atoms with Crippen LogP contribution in [0.5, 0.6) is 5.75 Å². The van der Waals surface area contributed by atoms with E-state index in [0.717, 1.165) is 6.26 Å². The van der Waals surface area contributed by atoms with Crippen LogP contribution in [0.4, 0.5) is 0 Å². The molecule has 7 nitrogen and oxygen atoms in total. The number of carbonyl (C=O) groups is 1. The zero-order valence-electron chi connectivity index (χ0n) is 11.0. The molecule has 0 aliphatic rings. The molecule has 0 aliphatic carbocycles. The Bertz CT molecular complexity index is 813. The van der Waals surface area contributed by atoms with Crippen LogP contribution in [-0.4, -0.2) is 43.1 Å². The number of H-pyrrole nitrogens is 1. The first-order valence-corrected chi connectivity index (χ1v) is 7.87. The molecule has 1 aromatic heterocycles. The highest BCUT2D eigenvalue weighted by atomic mass is 35.5. The first-order valence-electron chi connectivity index (χ1n) is 5.60. The lowest BCUT2D eigenvalue weighted by Crippen LogP contribution is -2.02. The van der Waals surface area contributed by atoms with Gasteiger partial charge in [-0.2, -0.15) is 5.10 Å². The van der Waals surface area contributed by atoms with Crippen LogP contribution in [0.1, 0.15) is 10.5 Å². The minimum atomic E-state index is -3.57. The third-order valence-corrected chi connectivity index (χ3v) is 4.10. The van der Waals surface area contributed by atoms with Crippen LogP contribution in [0, 0.1) is 0 Å². The lowest BCUT2D eigenvalue weighted by atomic mass is 10.1. The summed E-state index contributed by atoms with van der Waals surface area (Å²) in [4.78, 5) is 10.7. The number of methoxy groups -OCH3 is 1. The number of aromatic nitrogens is 2. The third kappa shape index (κ3) is 3.01. The second kappa shape index (κ2) is 5.38. The molecule has 21 heavy (non-hydrogen) atoms. The van der Waals surface area contributed by atoms with E-state index in [2.05, 4.69) is 10.2 Å². The number of rotatable bonds is 4. The Morgan fingerprint density at radius 3 is 2.52 bits per heavy atom. The number of ether oxygens (including phenoxy) is 1. The highest BCUT2D eigenvalue weighted by Gasteiger charge is 2.20. The SMILES string of the molecule is COc1c(Cl)cc(-c2cc(C(=O)O)[nH]n2)cc1S(C)(=O)=O. The summed E-state index contributed by atoms with van der Waals surface area (Å²) in [6, 6.07) is 4.07. The van der Waals surface area contributed by atoms with Crippen LogP contribution in [0.2, 0.25) is 5.02 Å². The standard InChI is InChI=1S/C12H11ClN2O5S/c1-20-11-7(13)3-6(4-10(11)21(2,18)19)8-5-9(12(16)17)15-14-8/h3-5H,1-2H3,(H,14,15)(H,16,17). The number of nitrogens with one attached hydrogen (secondary N) is 1. The van der Waals surface area contributed by atoms with Crippen LogP contribution in [0.25, 0.3) is 11.3 Å². The predicted octanol–water partition coefficient (Wildman–Crippen LogP) is 1.84. The van der Waals surface area contributed by atoms with Crippen molar-refractivity contribution in [1.29, 1.82) is 0 Å². The molecule has 0 saturated heterocycles. The summed E-state index contributed by atoms with van der Waals surface area (Å²) in [6.07, 6.45) is 1.03. The zero-order valence-corrected chi connectivity index (χ0v) is 12.6. The van der Waals surface area contributed by atoms with Gasteiger partial charge in [-0.3, -0.25) is 5.10 Å². The summed E-state index contributed by atoms with van der Waals surface area (Å²) in [5, 5.41) is 15.1. The molecule has 0 saturated carbocycles. The maximum absolute atomic E-state index is 11.8. The Morgan fingerprint density at radius 2 is 2.05 bits per heavy atom. The molecule has 112 valence electrons. The summed E-state index contributed by atoms with van der Waals surface area (Å²) in [5.41, 5.74) is 0.518. The van der Waals surface area contributed by atoms with Crippen molar-refractivity contribution in [3.8, 4) is 17.0 Å². The number of benzene rings is 1. The van der Waals surface area contributed by atoms with Gasteiger partial charge in [-0.1, -0.05) is 11.6 Å². The minimum absolute atomic E-state index is 0.0388. The van der Waals surface area contributed by atoms with E-state index in [1.54, 1.807) is 0 Å². The number of hydrogen-bond donors (Lipinski definition) is 2. The van der Waals surface area contributed by atoms with Gasteiger partial charge in [-0.05, 0) is 18.2 Å². The number of carboxylic acid groups (broad SMARTS) is 1. The summed E-state index contributed by atoms with van der Waals surface area (Å²) in [6.45, 7) is 0. The van der Waals surface area contributed by atoms with Gasteiger partial charge in [0.1, 0.15) is 10.6 Å². The number of aromatic amines is 1. The predicted molar refractivity (Wildman–Crippen MR) is 75.7 cm³/mol. The monoisotopic (exact) mass is 330 g/mol. The molecule has 0 bridgehead atoms. The van der Waals surface area contributed by atoms with Gasteiger partial charge >= 0.3 is 5.97 Å². The van der Waals surface area contributed by atoms with Gasteiger partial charge in [-0.25, -0.2) is 13.2 Å². The van der Waals surface area contributed by atoms with E-state index < -0.39 is 15.8 Å². The van der Waals surface area contributed by atoms with Gasteiger partial charge in [0.05, 0.1) is 17.8 Å². The highest BCUT2D eigenvalue weighted by Crippen LogP contribution is 2.36. The molecule has 2 aromatic rings. The molecule has 2 rings (SSSR count). The quantitative estimate of drug-likeness (QED) is 0.885. The lowest BCUT2D eigenvalue weighted by Gasteiger charge is -2.10. The first kappa shape index (κ1) is 15.3. The van der Waals surface area contributed by atoms with E-state index in [1.165, 1.54) is 25.3 Å². The summed E-state index contributed by atoms with van der Waals surface area (Å²) < 4.78 is 28.6. The molecule has 1 aromatic carbocycles. The van der Waals surface area contributed by atoms with Gasteiger partial charge in [-0.15, -0.1) is 0 Å². The van der Waals surface area contributed by atoms with E-state index in [-0.39, 0.29) is 27.1 Å². The topological polar surface area (TPSA) is 109 Å². The molecule has 0 aliphatic heterocycles. The maximum atomic E-state index is 11.8. The summed E-state index contributed by atoms with van der Waals surface area (Å²) in [5.74, 6) is -1.13. The van der Waals surface area contributed by atoms with Crippen LogP contribution in [0.15, 0.2) is 23.1 Å². The van der Waals surface area contributed by atoms with Crippen molar-refractivity contribution in [3.63, 3.8) is 0 Å². The Labute approximate surface area is 125 Å².